The van der Waals surface area contributed by atoms with Gasteiger partial charge in [0.1, 0.15) is 6.17 Å². The van der Waals surface area contributed by atoms with Crippen molar-refractivity contribution in [1.29, 1.82) is 0 Å². The molecule has 0 unspecified atom stereocenters. The lowest BCUT2D eigenvalue weighted by Gasteiger charge is -2.31. The average molecular weight is 405 g/mol. The minimum Gasteiger partial charge on any atom is -0.369 e. The van der Waals surface area contributed by atoms with Gasteiger partial charge >= 0.3 is 0 Å². The third-order valence-corrected chi connectivity index (χ3v) is 4.73. The van der Waals surface area contributed by atoms with Crippen molar-refractivity contribution in [3.8, 4) is 0 Å². The van der Waals surface area contributed by atoms with E-state index in [4.69, 9.17) is 23.2 Å². The van der Waals surface area contributed by atoms with Crippen LogP contribution in [-0.2, 0) is 0 Å². The Morgan fingerprint density at radius 2 is 1.26 bits per heavy atom. The molecule has 0 saturated carbocycles. The van der Waals surface area contributed by atoms with Gasteiger partial charge in [-0.15, -0.1) is 0 Å². The van der Waals surface area contributed by atoms with Gasteiger partial charge in [-0.1, -0.05) is 29.3 Å². The largest absolute Gasteiger partial charge is 0.369 e. The Morgan fingerprint density at radius 1 is 0.778 bits per heavy atom. The molecule has 1 saturated heterocycles. The van der Waals surface area contributed by atoms with Crippen LogP contribution < -0.4 is 9.80 Å². The molecule has 3 heterocycles. The highest BCUT2D eigenvalue weighted by atomic mass is 35.5. The molecule has 8 nitrogen and oxygen atoms in total. The minimum absolute atomic E-state index is 0.221. The van der Waals surface area contributed by atoms with E-state index in [0.717, 1.165) is 0 Å². The zero-order valence-corrected chi connectivity index (χ0v) is 15.3. The quantitative estimate of drug-likeness (QED) is 0.685. The molecule has 2 atom stereocenters. The topological polar surface area (TPSA) is 98.5 Å². The van der Waals surface area contributed by atoms with E-state index in [-0.39, 0.29) is 11.9 Å². The van der Waals surface area contributed by atoms with Gasteiger partial charge in [0.15, 0.2) is 12.5 Å². The van der Waals surface area contributed by atoms with Crippen LogP contribution in [0.1, 0.15) is 11.7 Å². The maximum atomic E-state index is 10.7. The first kappa shape index (κ1) is 17.9. The Bertz CT molecular complexity index is 882. The maximum Gasteiger partial charge on any atom is 0.229 e. The SMILES string of the molecule is O[C@@H]1[C@@H](O)N(c2ncccn2)C(c2ccc(Cl)cc2Cl)N1c1ncccn1. The van der Waals surface area contributed by atoms with Crippen LogP contribution in [0.25, 0.3) is 0 Å². The lowest BCUT2D eigenvalue weighted by Crippen LogP contribution is -2.37. The molecule has 0 amide bonds. The summed E-state index contributed by atoms with van der Waals surface area (Å²) >= 11 is 12.5. The van der Waals surface area contributed by atoms with E-state index in [9.17, 15) is 10.2 Å². The van der Waals surface area contributed by atoms with Crippen LogP contribution in [0, 0.1) is 0 Å². The van der Waals surface area contributed by atoms with E-state index >= 15 is 0 Å². The van der Waals surface area contributed by atoms with Crippen LogP contribution in [0.15, 0.2) is 55.1 Å². The molecule has 0 spiro atoms. The zero-order chi connectivity index (χ0) is 19.0. The Balaban J connectivity index is 1.90. The van der Waals surface area contributed by atoms with Crippen molar-refractivity contribution in [3.05, 3.63) is 70.7 Å². The molecule has 0 bridgehead atoms. The number of rotatable bonds is 3. The van der Waals surface area contributed by atoms with Crippen molar-refractivity contribution in [2.24, 2.45) is 0 Å². The summed E-state index contributed by atoms with van der Waals surface area (Å²) in [6.45, 7) is 0. The molecule has 1 aromatic carbocycles. The van der Waals surface area contributed by atoms with E-state index in [1.807, 2.05) is 0 Å². The fraction of sp³-hybridized carbons (Fsp3) is 0.176. The lowest BCUT2D eigenvalue weighted by atomic mass is 10.1. The highest BCUT2D eigenvalue weighted by Crippen LogP contribution is 2.42. The number of benzene rings is 1. The fourth-order valence-corrected chi connectivity index (χ4v) is 3.53. The van der Waals surface area contributed by atoms with E-state index in [0.29, 0.717) is 15.6 Å². The Labute approximate surface area is 164 Å². The summed E-state index contributed by atoms with van der Waals surface area (Å²) in [6.07, 6.45) is 2.74. The third kappa shape index (κ3) is 3.17. The van der Waals surface area contributed by atoms with Crippen LogP contribution in [0.4, 0.5) is 11.9 Å². The summed E-state index contributed by atoms with van der Waals surface area (Å²) in [5.74, 6) is 0.442. The van der Waals surface area contributed by atoms with E-state index in [1.54, 1.807) is 55.1 Å². The summed E-state index contributed by atoms with van der Waals surface area (Å²) in [6, 6.07) is 8.29. The van der Waals surface area contributed by atoms with Crippen LogP contribution in [0.5, 0.6) is 0 Å². The molecular weight excluding hydrogens is 391 g/mol. The number of hydrogen-bond donors (Lipinski definition) is 2. The Morgan fingerprint density at radius 3 is 1.70 bits per heavy atom. The molecule has 4 rings (SSSR count). The molecule has 2 N–H and O–H groups in total. The normalized spacial score (nSPS) is 20.3. The first-order chi connectivity index (χ1) is 13.1. The van der Waals surface area contributed by atoms with Gasteiger partial charge in [-0.3, -0.25) is 9.80 Å². The molecule has 138 valence electrons. The summed E-state index contributed by atoms with van der Waals surface area (Å²) in [5, 5.41) is 22.3. The number of nitrogens with zero attached hydrogens (tertiary/aromatic N) is 6. The second-order valence-electron chi connectivity index (χ2n) is 5.78. The van der Waals surface area contributed by atoms with Gasteiger partial charge in [0.25, 0.3) is 0 Å². The Hall–Kier alpha value is -2.52. The molecule has 10 heteroatoms. The van der Waals surface area contributed by atoms with Gasteiger partial charge in [0.05, 0.1) is 0 Å². The second-order valence-corrected chi connectivity index (χ2v) is 6.62. The summed E-state index contributed by atoms with van der Waals surface area (Å²) < 4.78 is 0. The van der Waals surface area contributed by atoms with Crippen LogP contribution in [-0.4, -0.2) is 42.6 Å². The van der Waals surface area contributed by atoms with Crippen molar-refractivity contribution >= 4 is 35.1 Å². The van der Waals surface area contributed by atoms with Gasteiger partial charge < -0.3 is 10.2 Å². The first-order valence-electron chi connectivity index (χ1n) is 7.99. The minimum atomic E-state index is -1.34. The third-order valence-electron chi connectivity index (χ3n) is 4.17. The van der Waals surface area contributed by atoms with E-state index < -0.39 is 18.6 Å². The van der Waals surface area contributed by atoms with Crippen molar-refractivity contribution in [3.63, 3.8) is 0 Å². The molecule has 27 heavy (non-hydrogen) atoms. The van der Waals surface area contributed by atoms with Gasteiger partial charge in [0.2, 0.25) is 11.9 Å². The molecule has 1 aliphatic heterocycles. The lowest BCUT2D eigenvalue weighted by molar-refractivity contribution is 0.0448. The smallest absolute Gasteiger partial charge is 0.229 e. The first-order valence-corrected chi connectivity index (χ1v) is 8.75. The fourth-order valence-electron chi connectivity index (χ4n) is 3.03. The maximum absolute atomic E-state index is 10.7. The number of aliphatic hydroxyl groups excluding tert-OH is 2. The number of hydrogen-bond acceptors (Lipinski definition) is 8. The average Bonchev–Trinajstić information content (AvgIpc) is 2.94. The summed E-state index contributed by atoms with van der Waals surface area (Å²) in [7, 11) is 0. The second kappa shape index (κ2) is 7.24. The number of aliphatic hydroxyl groups is 2. The van der Waals surface area contributed by atoms with Gasteiger partial charge in [0, 0.05) is 40.4 Å². The molecule has 2 aromatic heterocycles. The number of anilines is 2. The van der Waals surface area contributed by atoms with Crippen molar-refractivity contribution in [1.82, 2.24) is 19.9 Å². The zero-order valence-electron chi connectivity index (χ0n) is 13.8. The monoisotopic (exact) mass is 404 g/mol. The van der Waals surface area contributed by atoms with Gasteiger partial charge in [-0.05, 0) is 24.3 Å². The predicted molar refractivity (Wildman–Crippen MR) is 100 cm³/mol. The molecular formula is C17H14Cl2N6O2. The molecule has 0 aliphatic carbocycles. The van der Waals surface area contributed by atoms with Gasteiger partial charge in [-0.25, -0.2) is 19.9 Å². The van der Waals surface area contributed by atoms with Gasteiger partial charge in [-0.2, -0.15) is 0 Å². The summed E-state index contributed by atoms with van der Waals surface area (Å²) in [4.78, 5) is 19.7. The van der Waals surface area contributed by atoms with Crippen molar-refractivity contribution in [2.75, 3.05) is 9.80 Å². The van der Waals surface area contributed by atoms with E-state index in [1.165, 1.54) is 9.80 Å². The van der Waals surface area contributed by atoms with Crippen LogP contribution >= 0.6 is 23.2 Å². The highest BCUT2D eigenvalue weighted by molar-refractivity contribution is 6.35. The highest BCUT2D eigenvalue weighted by Gasteiger charge is 2.49. The Kier molecular flexibility index (Phi) is 4.79. The molecule has 0 radical (unpaired) electrons. The number of aromatic nitrogens is 4. The molecule has 3 aromatic rings. The standard InChI is InChI=1S/C17H14Cl2N6O2/c18-10-3-4-11(12(19)9-10)13-24(16-20-5-1-6-21-16)14(26)15(27)25(13)17-22-7-2-8-23-17/h1-9,13-15,26-27H/t14-,15-/m1/s1. The van der Waals surface area contributed by atoms with Crippen LogP contribution in [0.2, 0.25) is 10.0 Å². The predicted octanol–water partition coefficient (Wildman–Crippen LogP) is 2.24. The van der Waals surface area contributed by atoms with Crippen LogP contribution in [0.3, 0.4) is 0 Å². The van der Waals surface area contributed by atoms with Crippen molar-refractivity contribution < 1.29 is 10.2 Å². The molecule has 1 aliphatic rings. The summed E-state index contributed by atoms with van der Waals surface area (Å²) in [5.41, 5.74) is 0.580. The van der Waals surface area contributed by atoms with E-state index in [2.05, 4.69) is 19.9 Å². The molecule has 1 fully saturated rings. The number of halogens is 2. The van der Waals surface area contributed by atoms with Crippen molar-refractivity contribution in [2.45, 2.75) is 18.6 Å².